The van der Waals surface area contributed by atoms with Crippen LogP contribution in [0.5, 0.6) is 0 Å². The summed E-state index contributed by atoms with van der Waals surface area (Å²) in [7, 11) is 2.81. The summed E-state index contributed by atoms with van der Waals surface area (Å²) in [5, 5.41) is 0. The molecule has 0 aromatic heterocycles. The highest BCUT2D eigenvalue weighted by Gasteiger charge is 1.99. The molecule has 0 unspecified atom stereocenters. The first-order chi connectivity index (χ1) is 6.41. The number of hydrogen-bond donors (Lipinski definition) is 0. The number of halogens is 1. The minimum Gasteiger partial charge on any atom is -0.435 e. The minimum absolute atomic E-state index is 0.0232. The van der Waals surface area contributed by atoms with Crippen molar-refractivity contribution < 1.29 is 20.6 Å². The zero-order chi connectivity index (χ0) is 9.78. The van der Waals surface area contributed by atoms with Gasteiger partial charge in [0.25, 0.3) is 0 Å². The minimum atomic E-state index is -0.0801. The summed E-state index contributed by atoms with van der Waals surface area (Å²) in [6.45, 7) is 0. The second kappa shape index (κ2) is 13.4. The molecule has 0 saturated carbocycles. The smallest absolute Gasteiger partial charge is 0.412 e. The standard InChI is InChI=1S/CH2ClO5Si6/c2-1-9-4-11-6-13-7-12-5-10-3-8/h1H2. The first kappa shape index (κ1) is 14.4. The van der Waals surface area contributed by atoms with Gasteiger partial charge >= 0.3 is 40.0 Å². The third-order valence-electron chi connectivity index (χ3n) is 0.460. The van der Waals surface area contributed by atoms with Crippen molar-refractivity contribution in [2.75, 3.05) is 5.50 Å². The van der Waals surface area contributed by atoms with E-state index in [1.54, 1.807) is 0 Å². The van der Waals surface area contributed by atoms with Crippen LogP contribution in [0.3, 0.4) is 0 Å². The van der Waals surface area contributed by atoms with Gasteiger partial charge in [0.05, 0.1) is 0 Å². The molecule has 0 aromatic carbocycles. The number of rotatable bonds is 10. The molecule has 0 aliphatic heterocycles. The molecule has 0 fully saturated rings. The summed E-state index contributed by atoms with van der Waals surface area (Å²) in [6, 6.07) is 0. The zero-order valence-corrected chi connectivity index (χ0v) is 12.9. The van der Waals surface area contributed by atoms with Crippen molar-refractivity contribution in [1.82, 2.24) is 0 Å². The predicted octanol–water partition coefficient (Wildman–Crippen LogP) is -1.89. The van der Waals surface area contributed by atoms with E-state index in [2.05, 4.69) is 14.6 Å². The third-order valence-corrected chi connectivity index (χ3v) is 4.14. The maximum atomic E-state index is 5.37. The van der Waals surface area contributed by atoms with E-state index in [9.17, 15) is 0 Å². The molecule has 0 saturated heterocycles. The number of alkyl halides is 1. The Morgan fingerprint density at radius 1 is 0.923 bits per heavy atom. The van der Waals surface area contributed by atoms with Crippen LogP contribution in [0.1, 0.15) is 0 Å². The Morgan fingerprint density at radius 3 is 2.00 bits per heavy atom. The average molecular weight is 298 g/mol. The highest BCUT2D eigenvalue weighted by Crippen LogP contribution is 1.76. The third kappa shape index (κ3) is 13.4. The van der Waals surface area contributed by atoms with Crippen molar-refractivity contribution in [3.63, 3.8) is 0 Å². The van der Waals surface area contributed by atoms with Gasteiger partial charge in [-0.05, 0) is 0 Å². The molecule has 0 amide bonds. The van der Waals surface area contributed by atoms with E-state index in [1.165, 1.54) is 0 Å². The second-order valence-electron chi connectivity index (χ2n) is 1.12. The fourth-order valence-corrected chi connectivity index (χ4v) is 3.71. The topological polar surface area (TPSA) is 46.2 Å². The molecule has 0 atom stereocenters. The van der Waals surface area contributed by atoms with Crippen molar-refractivity contribution in [2.45, 2.75) is 0 Å². The van der Waals surface area contributed by atoms with Crippen LogP contribution in [-0.2, 0) is 20.6 Å². The fourth-order valence-electron chi connectivity index (χ4n) is 0.191. The average Bonchev–Trinajstić information content (AvgIpc) is 2.16. The van der Waals surface area contributed by atoms with Crippen LogP contribution in [0, 0.1) is 0 Å². The molecule has 12 heteroatoms. The lowest BCUT2D eigenvalue weighted by Crippen LogP contribution is -2.18. The summed E-state index contributed by atoms with van der Waals surface area (Å²) < 4.78 is 24.2. The summed E-state index contributed by atoms with van der Waals surface area (Å²) in [5.74, 6) is 0. The van der Waals surface area contributed by atoms with Gasteiger partial charge < -0.3 is 20.6 Å². The van der Waals surface area contributed by atoms with Crippen LogP contribution in [0.25, 0.3) is 0 Å². The molecule has 0 spiro atoms. The normalized spacial score (nSPS) is 10.6. The van der Waals surface area contributed by atoms with Crippen molar-refractivity contribution in [1.29, 1.82) is 0 Å². The highest BCUT2D eigenvalue weighted by atomic mass is 35.5. The molecule has 13 heavy (non-hydrogen) atoms. The van der Waals surface area contributed by atoms with E-state index in [0.717, 1.165) is 0 Å². The van der Waals surface area contributed by atoms with Crippen LogP contribution < -0.4 is 0 Å². The van der Waals surface area contributed by atoms with E-state index in [-0.39, 0.29) is 49.8 Å². The Bertz CT molecular complexity index is 87.1. The summed E-state index contributed by atoms with van der Waals surface area (Å²) >= 11 is 5.37. The van der Waals surface area contributed by atoms with Gasteiger partial charge in [-0.15, -0.1) is 11.6 Å². The maximum absolute atomic E-state index is 5.37. The van der Waals surface area contributed by atoms with E-state index >= 15 is 0 Å². The van der Waals surface area contributed by atoms with Gasteiger partial charge in [-0.25, -0.2) is 0 Å². The molecule has 0 N–H and O–H groups in total. The molecular weight excluding hydrogens is 296 g/mol. The van der Waals surface area contributed by atoms with Gasteiger partial charge in [0.1, 0.15) is 0 Å². The van der Waals surface area contributed by atoms with Gasteiger partial charge in [0.2, 0.25) is 20.2 Å². The first-order valence-electron chi connectivity index (χ1n) is 2.66. The van der Waals surface area contributed by atoms with Crippen molar-refractivity contribution >= 4 is 71.9 Å². The van der Waals surface area contributed by atoms with Gasteiger partial charge in [0, 0.05) is 5.50 Å². The molecule has 13 radical (unpaired) electrons. The van der Waals surface area contributed by atoms with Crippen LogP contribution in [0.15, 0.2) is 0 Å². The molecule has 0 bridgehead atoms. The largest absolute Gasteiger partial charge is 0.435 e. The molecule has 0 heterocycles. The monoisotopic (exact) mass is 297 g/mol. The predicted molar refractivity (Wildman–Crippen MR) is 50.7 cm³/mol. The van der Waals surface area contributed by atoms with Crippen LogP contribution in [0.2, 0.25) is 0 Å². The quantitative estimate of drug-likeness (QED) is 0.268. The van der Waals surface area contributed by atoms with Crippen LogP contribution >= 0.6 is 11.6 Å². The second-order valence-corrected chi connectivity index (χ2v) is 7.23. The van der Waals surface area contributed by atoms with Crippen molar-refractivity contribution in [3.8, 4) is 0 Å². The Hall–Kier alpha value is 1.39. The van der Waals surface area contributed by atoms with E-state index < -0.39 is 0 Å². The fraction of sp³-hybridized carbons (Fsp3) is 1.00. The van der Waals surface area contributed by atoms with Gasteiger partial charge in [-0.3, -0.25) is 0 Å². The van der Waals surface area contributed by atoms with E-state index in [0.29, 0.717) is 5.50 Å². The Morgan fingerprint density at radius 2 is 1.46 bits per heavy atom. The summed E-state index contributed by atoms with van der Waals surface area (Å²) in [5.41, 5.74) is 0.495. The Kier molecular flexibility index (Phi) is 14.8. The SMILES string of the molecule is [Si]O[Si]O[Si]O[Si]O[Si]O[Si]CCl. The lowest BCUT2D eigenvalue weighted by molar-refractivity contribution is 0.390. The van der Waals surface area contributed by atoms with Gasteiger partial charge in [0.15, 0.2) is 0 Å². The zero-order valence-electron chi connectivity index (χ0n) is 6.13. The number of hydrogen-bond acceptors (Lipinski definition) is 5. The summed E-state index contributed by atoms with van der Waals surface area (Å²) in [4.78, 5) is 0. The van der Waals surface area contributed by atoms with Gasteiger partial charge in [-0.2, -0.15) is 0 Å². The Labute approximate surface area is 97.9 Å². The van der Waals surface area contributed by atoms with Gasteiger partial charge in [-0.1, -0.05) is 0 Å². The molecule has 67 valence electrons. The lowest BCUT2D eigenvalue weighted by atomic mass is 11.9. The van der Waals surface area contributed by atoms with E-state index in [1.807, 2.05) is 0 Å². The van der Waals surface area contributed by atoms with Crippen molar-refractivity contribution in [2.24, 2.45) is 0 Å². The first-order valence-corrected chi connectivity index (χ1v) is 7.99. The maximum Gasteiger partial charge on any atom is 0.412 e. The molecule has 0 aliphatic carbocycles. The Balaban J connectivity index is 2.76. The highest BCUT2D eigenvalue weighted by molar-refractivity contribution is 6.52. The molecule has 0 aromatic rings. The molecule has 0 aliphatic rings. The molecular formula is CH2ClO5Si6. The summed E-state index contributed by atoms with van der Waals surface area (Å²) in [6.07, 6.45) is 0. The van der Waals surface area contributed by atoms with Crippen LogP contribution in [-0.4, -0.2) is 65.8 Å². The lowest BCUT2D eigenvalue weighted by Gasteiger charge is -2.00. The van der Waals surface area contributed by atoms with E-state index in [4.69, 9.17) is 28.1 Å². The van der Waals surface area contributed by atoms with Crippen molar-refractivity contribution in [3.05, 3.63) is 0 Å². The molecule has 0 rings (SSSR count). The van der Waals surface area contributed by atoms with Crippen LogP contribution in [0.4, 0.5) is 0 Å². The molecule has 5 nitrogen and oxygen atoms in total.